The summed E-state index contributed by atoms with van der Waals surface area (Å²) in [5, 5.41) is 10.4. The van der Waals surface area contributed by atoms with Crippen molar-refractivity contribution in [3.05, 3.63) is 264 Å². The summed E-state index contributed by atoms with van der Waals surface area (Å²) < 4.78 is 77.9. The lowest BCUT2D eigenvalue weighted by molar-refractivity contribution is 0.263. The first kappa shape index (κ1) is 68.9. The van der Waals surface area contributed by atoms with E-state index < -0.39 is 20.1 Å². The van der Waals surface area contributed by atoms with E-state index in [9.17, 15) is 0 Å². The zero-order valence-electron chi connectivity index (χ0n) is 75.5. The lowest BCUT2D eigenvalue weighted by Crippen LogP contribution is -2.39. The van der Waals surface area contributed by atoms with Gasteiger partial charge in [-0.15, -0.1) is 0 Å². The first-order valence-corrected chi connectivity index (χ1v) is 40.2. The van der Waals surface area contributed by atoms with Gasteiger partial charge in [0.05, 0.1) is 51.2 Å². The first-order chi connectivity index (χ1) is 59.3. The van der Waals surface area contributed by atoms with Crippen LogP contribution in [-0.2, 0) is 0 Å². The van der Waals surface area contributed by atoms with E-state index in [1.165, 1.54) is 37.9 Å². The molecule has 0 radical (unpaired) electrons. The monoisotopic (exact) mass is 1570 g/mol. The van der Waals surface area contributed by atoms with E-state index in [-0.39, 0.29) is 24.7 Å². The molecule has 20 heteroatoms. The number of hydrogen-bond donors (Lipinski definition) is 0. The van der Waals surface area contributed by atoms with Gasteiger partial charge < -0.3 is 71.1 Å². The van der Waals surface area contributed by atoms with Gasteiger partial charge in [-0.1, -0.05) is 84.9 Å². The van der Waals surface area contributed by atoms with Gasteiger partial charge in [-0.05, 0) is 217 Å². The molecule has 10 aromatic heterocycles. The Morgan fingerprint density at radius 2 is 0.627 bits per heavy atom. The molecule has 0 aliphatic carbocycles. The zero-order chi connectivity index (χ0) is 87.1. The molecule has 0 fully saturated rings. The van der Waals surface area contributed by atoms with Crippen LogP contribution in [0.15, 0.2) is 242 Å². The lowest BCUT2D eigenvalue weighted by Gasteiger charge is -2.33. The average molecular weight is 1570 g/mol. The third kappa shape index (κ3) is 12.6. The van der Waals surface area contributed by atoms with Crippen molar-refractivity contribution >= 4 is 162 Å². The molecule has 596 valence electrons. The number of aromatic nitrogens is 5. The molecule has 17 aromatic rings. The minimum Gasteiger partial charge on any atom is -0.435 e. The molecule has 0 unspecified atom stereocenters. The number of para-hydroxylation sites is 4. The Labute approximate surface area is 695 Å². The standard InChI is InChI=1S/C22H21N3O.C21H19N3O.C20H23N3O.C18H19N3O.C17H17N3O/c1-13-9-11-16-17-12-10-14(2)23-22(17)26-21(16)20(13)25-15(3)24(4)18-7-5-6-8-19(18)25;1-13-10-11-15-16-7-6-12-22-21(16)25-20(15)19(13)24-14(2)23(3)17-8-4-5-9-18(17)24;1-12(2)22-10-11-23(15(22)5)18-13(3)6-8-16-17-9-7-14(4)21-20(17)24-19(16)18;1-11-5-7-14-15-8-6-12(2)19-18(15)22-17(14)16(11)21-10-9-20(4)13(21)3;1-11-6-7-13-14-5-4-8-18-17(14)21-16(13)15(11)20-10-9-19(3)12(20)2/h5-12,15H,1-4H3;4-12,14H,1-3H3;6-12,15H,1-5H3;5-10,13H,1-4H3;4-10,12H,1-3H3/t15-;14-;15-;13-;12-/m00000/s1/i;3D3;;;3D3. The topological polar surface area (TPSA) is 163 Å². The number of aryl methyl sites for hydroxylation is 8. The van der Waals surface area contributed by atoms with Gasteiger partial charge in [0, 0.05) is 163 Å². The van der Waals surface area contributed by atoms with Crippen LogP contribution in [0.4, 0.5) is 51.2 Å². The van der Waals surface area contributed by atoms with Gasteiger partial charge in [-0.3, -0.25) is 0 Å². The van der Waals surface area contributed by atoms with Crippen LogP contribution in [0, 0.1) is 55.4 Å². The van der Waals surface area contributed by atoms with Crippen molar-refractivity contribution in [2.45, 2.75) is 141 Å². The summed E-state index contributed by atoms with van der Waals surface area (Å²) in [7, 11) is 4.22. The minimum atomic E-state index is -2.25. The van der Waals surface area contributed by atoms with Crippen LogP contribution >= 0.6 is 0 Å². The van der Waals surface area contributed by atoms with Crippen LogP contribution in [0.1, 0.15) is 102 Å². The van der Waals surface area contributed by atoms with E-state index >= 15 is 0 Å². The highest BCUT2D eigenvalue weighted by Crippen LogP contribution is 2.51. The highest BCUT2D eigenvalue weighted by Gasteiger charge is 2.37. The van der Waals surface area contributed by atoms with Gasteiger partial charge in [-0.2, -0.15) is 0 Å². The summed E-state index contributed by atoms with van der Waals surface area (Å²) in [5.74, 6) is 0. The summed E-state index contributed by atoms with van der Waals surface area (Å²) in [4.78, 5) is 42.9. The number of hydrogen-bond acceptors (Lipinski definition) is 20. The number of nitrogens with zero attached hydrogens (tertiary/aromatic N) is 15. The summed E-state index contributed by atoms with van der Waals surface area (Å²) in [6, 6.07) is 57.8. The van der Waals surface area contributed by atoms with Gasteiger partial charge in [0.2, 0.25) is 28.6 Å². The third-order valence-electron chi connectivity index (χ3n) is 24.0. The summed E-state index contributed by atoms with van der Waals surface area (Å²) >= 11 is 0. The van der Waals surface area contributed by atoms with Crippen molar-refractivity contribution in [1.82, 2.24) is 39.6 Å². The SMILES string of the molecule is Cc1ccc2c(n1)oc1c(N3C=CN(C(C)C)[C@@H]3C)c(C)ccc12.Cc1ccc2c(n1)oc1c(N3C=CN(C)[C@@H]3C)c(C)ccc12.Cc1ccc2c(n1)oc1c(N3c4ccccc4N(C)[C@@H]3C)c(C)ccc12.[2H]C([2H])([2H])N1C=CN(c2c(C)ccc3c2oc2ncccc23)[C@H]1C.[2H]C([2H])([2H])N1c2ccccc2N(c2c(C)ccc3c2oc2ncccc23)[C@H]1C. The van der Waals surface area contributed by atoms with Crippen molar-refractivity contribution < 1.29 is 30.3 Å². The number of fused-ring (bicyclic) bond motifs is 17. The van der Waals surface area contributed by atoms with Crippen LogP contribution in [0.2, 0.25) is 0 Å². The van der Waals surface area contributed by atoms with Crippen LogP contribution in [0.25, 0.3) is 110 Å². The quantitative estimate of drug-likeness (QED) is 0.154. The van der Waals surface area contributed by atoms with E-state index in [4.69, 9.17) is 30.3 Å². The van der Waals surface area contributed by atoms with E-state index in [0.717, 1.165) is 144 Å². The second-order valence-electron chi connectivity index (χ2n) is 31.8. The number of benzene rings is 7. The Hall–Kier alpha value is -13.5. The Balaban J connectivity index is 0.000000106. The molecule has 0 saturated carbocycles. The normalized spacial score (nSPS) is 18.5. The maximum atomic E-state index is 8.05. The maximum absolute atomic E-state index is 8.05. The largest absolute Gasteiger partial charge is 0.435 e. The number of furan rings is 5. The van der Waals surface area contributed by atoms with Crippen molar-refractivity contribution in [2.24, 2.45) is 0 Å². The van der Waals surface area contributed by atoms with Crippen molar-refractivity contribution in [1.29, 1.82) is 0 Å². The molecule has 0 amide bonds. The number of anilines is 9. The second kappa shape index (κ2) is 29.7. The Kier molecular flexibility index (Phi) is 17.3. The van der Waals surface area contributed by atoms with Gasteiger partial charge >= 0.3 is 0 Å². The fourth-order valence-electron chi connectivity index (χ4n) is 17.4. The molecule has 5 aliphatic heterocycles. The summed E-state index contributed by atoms with van der Waals surface area (Å²) in [6.45, 7) is 26.8. The van der Waals surface area contributed by atoms with E-state index in [2.05, 4.69) is 232 Å². The molecule has 20 nitrogen and oxygen atoms in total. The van der Waals surface area contributed by atoms with Crippen LogP contribution in [0.5, 0.6) is 0 Å². The Bertz CT molecular complexity index is 7160. The van der Waals surface area contributed by atoms with Crippen molar-refractivity contribution in [3.63, 3.8) is 0 Å². The molecule has 0 N–H and O–H groups in total. The molecule has 0 bridgehead atoms. The summed E-state index contributed by atoms with van der Waals surface area (Å²) in [6.07, 6.45) is 15.3. The molecule has 5 atom stereocenters. The second-order valence-corrected chi connectivity index (χ2v) is 31.8. The molecule has 0 saturated heterocycles. The molecule has 22 rings (SSSR count). The molecule has 118 heavy (non-hydrogen) atoms. The fraction of sp³-hybridized carbons (Fsp3) is 0.255. The molecular weight excluding hydrogens is 1470 g/mol. The minimum absolute atomic E-state index is 0.208. The molecule has 7 aromatic carbocycles. The van der Waals surface area contributed by atoms with Crippen LogP contribution in [-0.4, -0.2) is 105 Å². The average Bonchev–Trinajstić information content (AvgIpc) is 1.57. The summed E-state index contributed by atoms with van der Waals surface area (Å²) in [5.41, 5.74) is 25.2. The van der Waals surface area contributed by atoms with E-state index in [0.29, 0.717) is 40.3 Å². The predicted molar refractivity (Wildman–Crippen MR) is 484 cm³/mol. The maximum Gasteiger partial charge on any atom is 0.227 e. The molecular formula is C98H99N15O5. The molecule has 5 aliphatic rings. The predicted octanol–water partition coefficient (Wildman–Crippen LogP) is 23.7. The zero-order valence-corrected chi connectivity index (χ0v) is 69.5. The molecule has 15 heterocycles. The van der Waals surface area contributed by atoms with Crippen molar-refractivity contribution in [3.8, 4) is 0 Å². The number of pyridine rings is 5. The first-order valence-electron chi connectivity index (χ1n) is 43.2. The smallest absolute Gasteiger partial charge is 0.227 e. The van der Waals surface area contributed by atoms with Gasteiger partial charge in [0.1, 0.15) is 30.8 Å². The fourth-order valence-corrected chi connectivity index (χ4v) is 17.4. The Morgan fingerprint density at radius 3 is 0.992 bits per heavy atom. The Morgan fingerprint density at radius 1 is 0.305 bits per heavy atom. The van der Waals surface area contributed by atoms with Crippen LogP contribution < -0.4 is 34.3 Å². The van der Waals surface area contributed by atoms with Gasteiger partial charge in [0.15, 0.2) is 27.9 Å². The number of rotatable bonds is 6. The van der Waals surface area contributed by atoms with Crippen molar-refractivity contribution in [2.75, 3.05) is 62.3 Å². The highest BCUT2D eigenvalue weighted by molar-refractivity contribution is 6.14. The van der Waals surface area contributed by atoms with E-state index in [1.54, 1.807) is 24.8 Å². The van der Waals surface area contributed by atoms with E-state index in [1.807, 2.05) is 144 Å². The highest BCUT2D eigenvalue weighted by atomic mass is 16.4. The van der Waals surface area contributed by atoms with Gasteiger partial charge in [0.25, 0.3) is 0 Å². The lowest BCUT2D eigenvalue weighted by atomic mass is 10.1. The molecule has 0 spiro atoms. The van der Waals surface area contributed by atoms with Gasteiger partial charge in [-0.25, -0.2) is 24.9 Å². The third-order valence-corrected chi connectivity index (χ3v) is 24.0. The van der Waals surface area contributed by atoms with Crippen LogP contribution in [0.3, 0.4) is 0 Å².